The topological polar surface area (TPSA) is 91.4 Å². The average molecular weight is 376 g/mol. The molecule has 138 valence electrons. The van der Waals surface area contributed by atoms with Crippen LogP contribution < -0.4 is 0 Å². The number of ketones is 1. The molecule has 0 aliphatic heterocycles. The monoisotopic (exact) mass is 376 g/mol. The molecule has 26 heavy (non-hydrogen) atoms. The highest BCUT2D eigenvalue weighted by atomic mass is 32.2. The summed E-state index contributed by atoms with van der Waals surface area (Å²) in [6, 6.07) is 7.70. The van der Waals surface area contributed by atoms with Crippen LogP contribution in [0, 0.1) is 24.0 Å². The number of aromatic nitrogens is 1. The Bertz CT molecular complexity index is 827. The zero-order valence-electron chi connectivity index (χ0n) is 14.9. The molecule has 0 aliphatic carbocycles. The van der Waals surface area contributed by atoms with E-state index in [1.165, 1.54) is 23.9 Å². The third-order valence-corrected chi connectivity index (χ3v) is 4.94. The predicted octanol–water partition coefficient (Wildman–Crippen LogP) is 3.55. The minimum atomic E-state index is -0.508. The van der Waals surface area contributed by atoms with Crippen molar-refractivity contribution in [2.75, 3.05) is 12.4 Å². The molecule has 1 aromatic heterocycles. The number of benzene rings is 1. The van der Waals surface area contributed by atoms with Crippen molar-refractivity contribution < 1.29 is 19.2 Å². The molecule has 8 heteroatoms. The molecule has 0 N–H and O–H groups in total. The largest absolute Gasteiger partial charge is 0.457 e. The Balaban J connectivity index is 1.85. The standard InChI is InChI=1S/C18H20N2O5S/c1-4-19-12(2)9-16(13(19)3)17(21)10-25-18(22)11-26-15-7-5-14(6-8-15)20(23)24/h5-9H,4,10-11H2,1-3H3. The van der Waals surface area contributed by atoms with Gasteiger partial charge in [0.1, 0.15) is 0 Å². The first-order valence-corrected chi connectivity index (χ1v) is 9.04. The molecule has 0 unspecified atom stereocenters. The Hall–Kier alpha value is -2.61. The molecular weight excluding hydrogens is 356 g/mol. The minimum absolute atomic E-state index is 0.00722. The SMILES string of the molecule is CCn1c(C)cc(C(=O)COC(=O)CSc2ccc([N+](=O)[O-])cc2)c1C. The Morgan fingerprint density at radius 2 is 1.88 bits per heavy atom. The van der Waals surface area contributed by atoms with Gasteiger partial charge in [-0.3, -0.25) is 19.7 Å². The van der Waals surface area contributed by atoms with E-state index in [4.69, 9.17) is 4.74 Å². The summed E-state index contributed by atoms with van der Waals surface area (Å²) >= 11 is 1.20. The summed E-state index contributed by atoms with van der Waals surface area (Å²) in [6.07, 6.45) is 0. The van der Waals surface area contributed by atoms with Crippen LogP contribution in [0.4, 0.5) is 5.69 Å². The molecule has 1 heterocycles. The number of rotatable bonds is 8. The fraction of sp³-hybridized carbons (Fsp3) is 0.333. The summed E-state index contributed by atoms with van der Waals surface area (Å²) in [4.78, 5) is 34.9. The summed E-state index contributed by atoms with van der Waals surface area (Å²) in [6.45, 7) is 6.28. The smallest absolute Gasteiger partial charge is 0.316 e. The van der Waals surface area contributed by atoms with Crippen LogP contribution in [0.2, 0.25) is 0 Å². The van der Waals surface area contributed by atoms with Gasteiger partial charge in [-0.25, -0.2) is 0 Å². The lowest BCUT2D eigenvalue weighted by Gasteiger charge is -2.06. The maximum atomic E-state index is 12.3. The van der Waals surface area contributed by atoms with Crippen molar-refractivity contribution in [1.82, 2.24) is 4.57 Å². The number of hydrogen-bond donors (Lipinski definition) is 0. The number of ether oxygens (including phenoxy) is 1. The van der Waals surface area contributed by atoms with Gasteiger partial charge in [0.15, 0.2) is 6.61 Å². The molecule has 0 aliphatic rings. The number of nitro benzene ring substituents is 1. The second-order valence-corrected chi connectivity index (χ2v) is 6.70. The van der Waals surface area contributed by atoms with Crippen LogP contribution in [0.15, 0.2) is 35.2 Å². The number of Topliss-reactive ketones (excluding diaryl/α,β-unsaturated/α-hetero) is 1. The van der Waals surface area contributed by atoms with E-state index >= 15 is 0 Å². The molecule has 0 saturated heterocycles. The molecule has 1 aromatic carbocycles. The molecule has 7 nitrogen and oxygen atoms in total. The van der Waals surface area contributed by atoms with Crippen LogP contribution in [0.5, 0.6) is 0 Å². The number of non-ortho nitro benzene ring substituents is 1. The predicted molar refractivity (Wildman–Crippen MR) is 98.7 cm³/mol. The summed E-state index contributed by atoms with van der Waals surface area (Å²) in [5.74, 6) is -0.712. The van der Waals surface area contributed by atoms with Crippen LogP contribution >= 0.6 is 11.8 Å². The van der Waals surface area contributed by atoms with Crippen LogP contribution in [-0.2, 0) is 16.1 Å². The number of hydrogen-bond acceptors (Lipinski definition) is 6. The second kappa shape index (κ2) is 8.66. The first kappa shape index (κ1) is 19.7. The van der Waals surface area contributed by atoms with Gasteiger partial charge in [0, 0.05) is 40.5 Å². The number of nitro groups is 1. The number of nitrogens with zero attached hydrogens (tertiary/aromatic N) is 2. The third kappa shape index (κ3) is 4.72. The quantitative estimate of drug-likeness (QED) is 0.230. The van der Waals surface area contributed by atoms with Gasteiger partial charge in [-0.05, 0) is 39.0 Å². The van der Waals surface area contributed by atoms with Crippen LogP contribution in [-0.4, -0.2) is 33.6 Å². The van der Waals surface area contributed by atoms with Gasteiger partial charge < -0.3 is 9.30 Å². The fourth-order valence-corrected chi connectivity index (χ4v) is 3.34. The van der Waals surface area contributed by atoms with Gasteiger partial charge in [0.2, 0.25) is 5.78 Å². The van der Waals surface area contributed by atoms with E-state index in [-0.39, 0.29) is 23.8 Å². The van der Waals surface area contributed by atoms with Crippen molar-refractivity contribution in [3.63, 3.8) is 0 Å². The highest BCUT2D eigenvalue weighted by Gasteiger charge is 2.17. The van der Waals surface area contributed by atoms with E-state index in [1.807, 2.05) is 25.3 Å². The molecule has 0 amide bonds. The van der Waals surface area contributed by atoms with E-state index in [2.05, 4.69) is 0 Å². The number of aryl methyl sites for hydroxylation is 1. The highest BCUT2D eigenvalue weighted by Crippen LogP contribution is 2.21. The van der Waals surface area contributed by atoms with Gasteiger partial charge in [0.05, 0.1) is 10.7 Å². The lowest BCUT2D eigenvalue weighted by molar-refractivity contribution is -0.384. The summed E-state index contributed by atoms with van der Waals surface area (Å²) in [5.41, 5.74) is 2.42. The Labute approximate surface area is 155 Å². The number of carbonyl (C=O) groups is 2. The van der Waals surface area contributed by atoms with Crippen molar-refractivity contribution in [3.8, 4) is 0 Å². The van der Waals surface area contributed by atoms with Crippen molar-refractivity contribution >= 4 is 29.2 Å². The lowest BCUT2D eigenvalue weighted by atomic mass is 10.1. The number of carbonyl (C=O) groups excluding carboxylic acids is 2. The van der Waals surface area contributed by atoms with Crippen molar-refractivity contribution in [1.29, 1.82) is 0 Å². The Kier molecular flexibility index (Phi) is 6.57. The van der Waals surface area contributed by atoms with E-state index in [0.29, 0.717) is 10.5 Å². The van der Waals surface area contributed by atoms with E-state index < -0.39 is 10.9 Å². The maximum Gasteiger partial charge on any atom is 0.316 e. The first-order chi connectivity index (χ1) is 12.3. The number of esters is 1. The van der Waals surface area contributed by atoms with Gasteiger partial charge in [-0.2, -0.15) is 0 Å². The molecule has 0 bridgehead atoms. The lowest BCUT2D eigenvalue weighted by Crippen LogP contribution is -2.16. The molecule has 0 spiro atoms. The van der Waals surface area contributed by atoms with E-state index in [1.54, 1.807) is 18.2 Å². The third-order valence-electron chi connectivity index (χ3n) is 3.96. The van der Waals surface area contributed by atoms with Crippen LogP contribution in [0.25, 0.3) is 0 Å². The highest BCUT2D eigenvalue weighted by molar-refractivity contribution is 8.00. The van der Waals surface area contributed by atoms with Gasteiger partial charge >= 0.3 is 5.97 Å². The molecule has 0 saturated carbocycles. The minimum Gasteiger partial charge on any atom is -0.457 e. The molecule has 0 radical (unpaired) electrons. The normalized spacial score (nSPS) is 10.6. The van der Waals surface area contributed by atoms with Gasteiger partial charge in [0.25, 0.3) is 5.69 Å². The number of thioether (sulfide) groups is 1. The summed E-state index contributed by atoms with van der Waals surface area (Å²) in [5, 5.41) is 10.6. The Morgan fingerprint density at radius 3 is 2.42 bits per heavy atom. The second-order valence-electron chi connectivity index (χ2n) is 5.65. The van der Waals surface area contributed by atoms with Crippen molar-refractivity contribution in [2.24, 2.45) is 0 Å². The fourth-order valence-electron chi connectivity index (χ4n) is 2.64. The van der Waals surface area contributed by atoms with E-state index in [0.717, 1.165) is 17.9 Å². The van der Waals surface area contributed by atoms with Crippen LogP contribution in [0.1, 0.15) is 28.7 Å². The summed E-state index contributed by atoms with van der Waals surface area (Å²) < 4.78 is 7.08. The van der Waals surface area contributed by atoms with Gasteiger partial charge in [-0.1, -0.05) is 0 Å². The van der Waals surface area contributed by atoms with Crippen molar-refractivity contribution in [2.45, 2.75) is 32.2 Å². The first-order valence-electron chi connectivity index (χ1n) is 8.06. The zero-order valence-corrected chi connectivity index (χ0v) is 15.7. The zero-order chi connectivity index (χ0) is 19.3. The maximum absolute atomic E-state index is 12.3. The van der Waals surface area contributed by atoms with Crippen LogP contribution in [0.3, 0.4) is 0 Å². The molecular formula is C18H20N2O5S. The molecule has 0 atom stereocenters. The molecule has 0 fully saturated rings. The average Bonchev–Trinajstić information content (AvgIpc) is 2.91. The molecule has 2 rings (SSSR count). The van der Waals surface area contributed by atoms with Gasteiger partial charge in [-0.15, -0.1) is 11.8 Å². The Morgan fingerprint density at radius 1 is 1.23 bits per heavy atom. The molecule has 2 aromatic rings. The summed E-state index contributed by atoms with van der Waals surface area (Å²) in [7, 11) is 0. The van der Waals surface area contributed by atoms with Crippen molar-refractivity contribution in [3.05, 3.63) is 57.4 Å². The van der Waals surface area contributed by atoms with E-state index in [9.17, 15) is 19.7 Å².